The van der Waals surface area contributed by atoms with E-state index in [1.54, 1.807) is 0 Å². The van der Waals surface area contributed by atoms with E-state index in [1.165, 1.54) is 6.20 Å². The maximum absolute atomic E-state index is 12.0. The summed E-state index contributed by atoms with van der Waals surface area (Å²) in [5, 5.41) is 6.04. The maximum atomic E-state index is 12.0. The Morgan fingerprint density at radius 1 is 1.26 bits per heavy atom. The molecule has 4 nitrogen and oxygen atoms in total. The zero-order valence-electron chi connectivity index (χ0n) is 10.5. The fourth-order valence-electron chi connectivity index (χ4n) is 1.31. The van der Waals surface area contributed by atoms with Gasteiger partial charge in [-0.3, -0.25) is 0 Å². The van der Waals surface area contributed by atoms with E-state index in [0.717, 1.165) is 13.0 Å². The van der Waals surface area contributed by atoms with Gasteiger partial charge in [-0.1, -0.05) is 18.5 Å². The Labute approximate surface area is 114 Å². The zero-order valence-corrected chi connectivity index (χ0v) is 11.3. The van der Waals surface area contributed by atoms with Gasteiger partial charge in [0.15, 0.2) is 0 Å². The monoisotopic (exact) mass is 296 g/mol. The van der Waals surface area contributed by atoms with Crippen LogP contribution in [-0.2, 0) is 0 Å². The van der Waals surface area contributed by atoms with Gasteiger partial charge in [0.2, 0.25) is 5.95 Å². The van der Waals surface area contributed by atoms with E-state index in [2.05, 4.69) is 20.6 Å². The third kappa shape index (κ3) is 6.47. The number of hydrogen-bond donors (Lipinski definition) is 2. The van der Waals surface area contributed by atoms with Gasteiger partial charge in [0.25, 0.3) is 0 Å². The van der Waals surface area contributed by atoms with Crippen LogP contribution in [0.25, 0.3) is 0 Å². The number of nitrogens with zero attached hydrogens (tertiary/aromatic N) is 2. The summed E-state index contributed by atoms with van der Waals surface area (Å²) in [6, 6.07) is 0. The minimum absolute atomic E-state index is 0.0262. The van der Waals surface area contributed by atoms with Crippen molar-refractivity contribution in [2.24, 2.45) is 0 Å². The number of halogens is 4. The molecule has 0 aromatic carbocycles. The van der Waals surface area contributed by atoms with Crippen LogP contribution >= 0.6 is 11.6 Å². The smallest absolute Gasteiger partial charge is 0.369 e. The van der Waals surface area contributed by atoms with E-state index in [-0.39, 0.29) is 18.0 Å². The summed E-state index contributed by atoms with van der Waals surface area (Å²) in [5.74, 6) is 0.752. The summed E-state index contributed by atoms with van der Waals surface area (Å²) >= 11 is 5.86. The van der Waals surface area contributed by atoms with Gasteiger partial charge < -0.3 is 10.6 Å². The highest BCUT2D eigenvalue weighted by Crippen LogP contribution is 2.22. The van der Waals surface area contributed by atoms with Crippen LogP contribution in [0.1, 0.15) is 26.2 Å². The van der Waals surface area contributed by atoms with E-state index in [0.29, 0.717) is 11.8 Å². The standard InChI is InChI=1S/C11H16ClF3N4/c1-2-5-17-10-18-7-8(12)9(19-10)16-6-3-4-11(13,14)15/h7H,2-6H2,1H3,(H2,16,17,18,19). The van der Waals surface area contributed by atoms with Gasteiger partial charge in [-0.05, 0) is 12.8 Å². The van der Waals surface area contributed by atoms with E-state index in [1.807, 2.05) is 6.92 Å². The molecule has 0 saturated heterocycles. The fraction of sp³-hybridized carbons (Fsp3) is 0.636. The molecule has 108 valence electrons. The van der Waals surface area contributed by atoms with Crippen LogP contribution < -0.4 is 10.6 Å². The average Bonchev–Trinajstić information content (AvgIpc) is 2.33. The molecule has 0 radical (unpaired) electrons. The fourth-order valence-corrected chi connectivity index (χ4v) is 1.47. The van der Waals surface area contributed by atoms with Crippen molar-refractivity contribution in [3.8, 4) is 0 Å². The molecule has 0 atom stereocenters. The number of aromatic nitrogens is 2. The van der Waals surface area contributed by atoms with Crippen LogP contribution in [0.2, 0.25) is 5.02 Å². The van der Waals surface area contributed by atoms with Crippen LogP contribution in [0.3, 0.4) is 0 Å². The van der Waals surface area contributed by atoms with E-state index in [9.17, 15) is 13.2 Å². The lowest BCUT2D eigenvalue weighted by Crippen LogP contribution is -2.12. The van der Waals surface area contributed by atoms with Crippen molar-refractivity contribution in [1.82, 2.24) is 9.97 Å². The molecule has 1 heterocycles. The summed E-state index contributed by atoms with van der Waals surface area (Å²) in [6.45, 7) is 2.87. The molecule has 0 aliphatic rings. The Morgan fingerprint density at radius 3 is 2.63 bits per heavy atom. The van der Waals surface area contributed by atoms with Gasteiger partial charge in [-0.2, -0.15) is 18.2 Å². The minimum atomic E-state index is -4.13. The number of nitrogens with one attached hydrogen (secondary N) is 2. The summed E-state index contributed by atoms with van der Waals surface area (Å²) in [6.07, 6.45) is -2.66. The Balaban J connectivity index is 2.47. The number of anilines is 2. The van der Waals surface area contributed by atoms with Crippen molar-refractivity contribution >= 4 is 23.4 Å². The minimum Gasteiger partial charge on any atom is -0.369 e. The van der Waals surface area contributed by atoms with Crippen molar-refractivity contribution in [3.05, 3.63) is 11.2 Å². The van der Waals surface area contributed by atoms with Crippen molar-refractivity contribution in [1.29, 1.82) is 0 Å². The summed E-state index contributed by atoms with van der Waals surface area (Å²) < 4.78 is 35.9. The first kappa shape index (κ1) is 15.8. The Bertz CT molecular complexity index is 398. The Kier molecular flexibility index (Phi) is 6.14. The third-order valence-corrected chi connectivity index (χ3v) is 2.48. The topological polar surface area (TPSA) is 49.8 Å². The molecule has 2 N–H and O–H groups in total. The van der Waals surface area contributed by atoms with Crippen LogP contribution in [0.15, 0.2) is 6.20 Å². The molecule has 8 heteroatoms. The van der Waals surface area contributed by atoms with E-state index < -0.39 is 12.6 Å². The van der Waals surface area contributed by atoms with Gasteiger partial charge >= 0.3 is 6.18 Å². The summed E-state index contributed by atoms with van der Waals surface area (Å²) in [7, 11) is 0. The molecule has 0 aliphatic carbocycles. The normalized spacial score (nSPS) is 11.4. The lowest BCUT2D eigenvalue weighted by molar-refractivity contribution is -0.134. The van der Waals surface area contributed by atoms with Crippen LogP contribution in [-0.4, -0.2) is 29.2 Å². The van der Waals surface area contributed by atoms with Crippen LogP contribution in [0.5, 0.6) is 0 Å². The highest BCUT2D eigenvalue weighted by atomic mass is 35.5. The van der Waals surface area contributed by atoms with E-state index >= 15 is 0 Å². The molecule has 1 aromatic heterocycles. The molecule has 0 fully saturated rings. The quantitative estimate of drug-likeness (QED) is 0.753. The predicted octanol–water partition coefficient (Wildman–Crippen LogP) is 3.71. The predicted molar refractivity (Wildman–Crippen MR) is 69.6 cm³/mol. The highest BCUT2D eigenvalue weighted by molar-refractivity contribution is 6.32. The van der Waals surface area contributed by atoms with Crippen molar-refractivity contribution in [2.75, 3.05) is 23.7 Å². The summed E-state index contributed by atoms with van der Waals surface area (Å²) in [4.78, 5) is 8.07. The average molecular weight is 297 g/mol. The molecule has 0 amide bonds. The van der Waals surface area contributed by atoms with Crippen molar-refractivity contribution in [2.45, 2.75) is 32.4 Å². The SMILES string of the molecule is CCCNc1ncc(Cl)c(NCCCC(F)(F)F)n1. The largest absolute Gasteiger partial charge is 0.389 e. The van der Waals surface area contributed by atoms with Gasteiger partial charge in [0.05, 0.1) is 6.20 Å². The van der Waals surface area contributed by atoms with Crippen molar-refractivity contribution in [3.63, 3.8) is 0 Å². The highest BCUT2D eigenvalue weighted by Gasteiger charge is 2.25. The lowest BCUT2D eigenvalue weighted by atomic mass is 10.3. The van der Waals surface area contributed by atoms with Crippen LogP contribution in [0, 0.1) is 0 Å². The first-order valence-corrected chi connectivity index (χ1v) is 6.37. The van der Waals surface area contributed by atoms with Crippen LogP contribution in [0.4, 0.5) is 24.9 Å². The molecule has 1 aromatic rings. The maximum Gasteiger partial charge on any atom is 0.389 e. The Hall–Kier alpha value is -1.24. The molecular weight excluding hydrogens is 281 g/mol. The molecule has 19 heavy (non-hydrogen) atoms. The third-order valence-electron chi connectivity index (χ3n) is 2.21. The van der Waals surface area contributed by atoms with Gasteiger partial charge in [0.1, 0.15) is 10.8 Å². The number of hydrogen-bond acceptors (Lipinski definition) is 4. The number of rotatable bonds is 7. The molecule has 1 rings (SSSR count). The van der Waals surface area contributed by atoms with Gasteiger partial charge in [-0.25, -0.2) is 4.98 Å². The second-order valence-corrected chi connectivity index (χ2v) is 4.37. The molecule has 0 spiro atoms. The van der Waals surface area contributed by atoms with Crippen molar-refractivity contribution < 1.29 is 13.2 Å². The Morgan fingerprint density at radius 2 is 2.00 bits per heavy atom. The molecule has 0 unspecified atom stereocenters. The molecule has 0 aliphatic heterocycles. The first-order valence-electron chi connectivity index (χ1n) is 5.99. The molecular formula is C11H16ClF3N4. The zero-order chi connectivity index (χ0) is 14.3. The first-order chi connectivity index (χ1) is 8.92. The van der Waals surface area contributed by atoms with Gasteiger partial charge in [0, 0.05) is 19.5 Å². The number of alkyl halides is 3. The lowest BCUT2D eigenvalue weighted by Gasteiger charge is -2.10. The second-order valence-electron chi connectivity index (χ2n) is 3.96. The van der Waals surface area contributed by atoms with Gasteiger partial charge in [-0.15, -0.1) is 0 Å². The summed E-state index contributed by atoms with van der Waals surface area (Å²) in [5.41, 5.74) is 0. The second kappa shape index (κ2) is 7.37. The molecule has 0 bridgehead atoms. The van der Waals surface area contributed by atoms with E-state index in [4.69, 9.17) is 11.6 Å². The molecule has 0 saturated carbocycles.